The fourth-order valence-corrected chi connectivity index (χ4v) is 4.20. The van der Waals surface area contributed by atoms with Crippen molar-refractivity contribution in [2.45, 2.75) is 11.8 Å². The first-order valence-corrected chi connectivity index (χ1v) is 12.5. The summed E-state index contributed by atoms with van der Waals surface area (Å²) in [5.74, 6) is 0.979. The Labute approximate surface area is 210 Å². The van der Waals surface area contributed by atoms with Crippen LogP contribution < -0.4 is 24.8 Å². The lowest BCUT2D eigenvalue weighted by Gasteiger charge is -2.11. The number of hydrogen-bond acceptors (Lipinski definition) is 6. The number of amides is 1. The predicted molar refractivity (Wildman–Crippen MR) is 141 cm³/mol. The van der Waals surface area contributed by atoms with Gasteiger partial charge in [-0.3, -0.25) is 14.8 Å². The van der Waals surface area contributed by atoms with E-state index in [9.17, 15) is 13.2 Å². The Bertz CT molecular complexity index is 1290. The largest absolute Gasteiger partial charge is 0.497 e. The number of nitrogens with one attached hydrogen (secondary N) is 3. The minimum atomic E-state index is -3.78. The highest BCUT2D eigenvalue weighted by atomic mass is 32.2. The van der Waals surface area contributed by atoms with Gasteiger partial charge in [-0.15, -0.1) is 0 Å². The molecule has 35 heavy (non-hydrogen) atoms. The minimum absolute atomic E-state index is 0.0760. The average Bonchev–Trinajstić information content (AvgIpc) is 2.84. The molecule has 0 unspecified atom stereocenters. The van der Waals surface area contributed by atoms with E-state index in [1.807, 2.05) is 31.2 Å². The standard InChI is InChI=1S/C25H25N3O5S2/c1-3-33-22-11-4-18(5-12-22)6-17-24(29)27-25(34)26-19-9-15-23(16-10-19)35(30,31)28-20-7-13-21(32-2)14-8-20/h4-17,28H,3H2,1-2H3,(H2,26,27,29,34)/b17-6+. The van der Waals surface area contributed by atoms with Crippen molar-refractivity contribution in [2.24, 2.45) is 0 Å². The van der Waals surface area contributed by atoms with Crippen LogP contribution in [-0.2, 0) is 14.8 Å². The van der Waals surface area contributed by atoms with Crippen LogP contribution in [0.25, 0.3) is 6.08 Å². The molecule has 0 saturated carbocycles. The summed E-state index contributed by atoms with van der Waals surface area (Å²) in [5, 5.41) is 5.48. The highest BCUT2D eigenvalue weighted by Crippen LogP contribution is 2.20. The summed E-state index contributed by atoms with van der Waals surface area (Å²) in [4.78, 5) is 12.2. The zero-order chi connectivity index (χ0) is 25.3. The predicted octanol–water partition coefficient (Wildman–Crippen LogP) is 4.42. The fourth-order valence-electron chi connectivity index (χ4n) is 2.92. The third kappa shape index (κ3) is 7.83. The van der Waals surface area contributed by atoms with E-state index in [0.717, 1.165) is 11.3 Å². The monoisotopic (exact) mass is 511 g/mol. The molecular weight excluding hydrogens is 486 g/mol. The normalized spacial score (nSPS) is 11.0. The van der Waals surface area contributed by atoms with Crippen LogP contribution in [0.2, 0.25) is 0 Å². The van der Waals surface area contributed by atoms with Crippen molar-refractivity contribution in [1.29, 1.82) is 0 Å². The summed E-state index contributed by atoms with van der Waals surface area (Å²) in [6, 6.07) is 19.8. The van der Waals surface area contributed by atoms with Crippen LogP contribution in [0.3, 0.4) is 0 Å². The van der Waals surface area contributed by atoms with Gasteiger partial charge in [-0.25, -0.2) is 8.42 Å². The zero-order valence-electron chi connectivity index (χ0n) is 19.1. The molecule has 3 aromatic carbocycles. The molecule has 1 amide bonds. The second kappa shape index (κ2) is 12.0. The Hall–Kier alpha value is -3.89. The van der Waals surface area contributed by atoms with Gasteiger partial charge in [0.15, 0.2) is 5.11 Å². The van der Waals surface area contributed by atoms with Gasteiger partial charge >= 0.3 is 0 Å². The van der Waals surface area contributed by atoms with Gasteiger partial charge in [0.25, 0.3) is 10.0 Å². The summed E-state index contributed by atoms with van der Waals surface area (Å²) in [7, 11) is -2.24. The van der Waals surface area contributed by atoms with E-state index in [4.69, 9.17) is 21.7 Å². The van der Waals surface area contributed by atoms with Crippen molar-refractivity contribution in [2.75, 3.05) is 23.8 Å². The van der Waals surface area contributed by atoms with Crippen LogP contribution in [0.15, 0.2) is 83.8 Å². The van der Waals surface area contributed by atoms with E-state index in [2.05, 4.69) is 15.4 Å². The zero-order valence-corrected chi connectivity index (χ0v) is 20.8. The van der Waals surface area contributed by atoms with Crippen molar-refractivity contribution < 1.29 is 22.7 Å². The van der Waals surface area contributed by atoms with Gasteiger partial charge in [-0.1, -0.05) is 12.1 Å². The van der Waals surface area contributed by atoms with E-state index < -0.39 is 15.9 Å². The van der Waals surface area contributed by atoms with Crippen molar-refractivity contribution in [3.05, 3.63) is 84.4 Å². The van der Waals surface area contributed by atoms with E-state index >= 15 is 0 Å². The van der Waals surface area contributed by atoms with Crippen molar-refractivity contribution >= 4 is 50.7 Å². The van der Waals surface area contributed by atoms with E-state index in [1.54, 1.807) is 42.5 Å². The van der Waals surface area contributed by atoms with Crippen LogP contribution in [0, 0.1) is 0 Å². The molecule has 3 N–H and O–H groups in total. The molecule has 0 spiro atoms. The summed E-state index contributed by atoms with van der Waals surface area (Å²) in [6.45, 7) is 2.49. The number of methoxy groups -OCH3 is 1. The minimum Gasteiger partial charge on any atom is -0.497 e. The number of sulfonamides is 1. The van der Waals surface area contributed by atoms with E-state index in [1.165, 1.54) is 25.3 Å². The Morgan fingerprint density at radius 1 is 0.914 bits per heavy atom. The lowest BCUT2D eigenvalue weighted by Crippen LogP contribution is -2.32. The Balaban J connectivity index is 1.53. The lowest BCUT2D eigenvalue weighted by molar-refractivity contribution is -0.115. The first kappa shape index (κ1) is 25.7. The Kier molecular flexibility index (Phi) is 8.82. The third-order valence-electron chi connectivity index (χ3n) is 4.62. The van der Waals surface area contributed by atoms with Gasteiger partial charge in [-0.05, 0) is 91.4 Å². The molecule has 8 nitrogen and oxygen atoms in total. The molecule has 182 valence electrons. The number of benzene rings is 3. The first-order chi connectivity index (χ1) is 16.8. The molecule has 0 saturated heterocycles. The molecule has 0 aliphatic carbocycles. The summed E-state index contributed by atoms with van der Waals surface area (Å²) in [5.41, 5.74) is 1.77. The number of ether oxygens (including phenoxy) is 2. The Morgan fingerprint density at radius 2 is 1.51 bits per heavy atom. The molecule has 0 fully saturated rings. The molecular formula is C25H25N3O5S2. The summed E-state index contributed by atoms with van der Waals surface area (Å²) < 4.78 is 38.2. The first-order valence-electron chi connectivity index (χ1n) is 10.6. The van der Waals surface area contributed by atoms with Crippen LogP contribution in [0.4, 0.5) is 11.4 Å². The lowest BCUT2D eigenvalue weighted by atomic mass is 10.2. The highest BCUT2D eigenvalue weighted by molar-refractivity contribution is 7.92. The van der Waals surface area contributed by atoms with Crippen LogP contribution >= 0.6 is 12.2 Å². The van der Waals surface area contributed by atoms with Crippen molar-refractivity contribution in [3.8, 4) is 11.5 Å². The van der Waals surface area contributed by atoms with E-state index in [0.29, 0.717) is 23.7 Å². The maximum Gasteiger partial charge on any atom is 0.261 e. The number of thiocarbonyl (C=S) groups is 1. The molecule has 0 radical (unpaired) electrons. The van der Waals surface area contributed by atoms with Gasteiger partial charge in [-0.2, -0.15) is 0 Å². The smallest absolute Gasteiger partial charge is 0.261 e. The van der Waals surface area contributed by atoms with Crippen LogP contribution in [0.5, 0.6) is 11.5 Å². The second-order valence-electron chi connectivity index (χ2n) is 7.14. The van der Waals surface area contributed by atoms with Gasteiger partial charge in [0, 0.05) is 17.5 Å². The van der Waals surface area contributed by atoms with Crippen LogP contribution in [-0.4, -0.2) is 33.2 Å². The molecule has 0 aliphatic heterocycles. The van der Waals surface area contributed by atoms with Gasteiger partial charge in [0.05, 0.1) is 18.6 Å². The Morgan fingerprint density at radius 3 is 2.11 bits per heavy atom. The number of hydrogen-bond donors (Lipinski definition) is 3. The van der Waals surface area contributed by atoms with Gasteiger partial charge in [0.1, 0.15) is 11.5 Å². The highest BCUT2D eigenvalue weighted by Gasteiger charge is 2.14. The number of carbonyl (C=O) groups excluding carboxylic acids is 1. The molecule has 3 rings (SSSR count). The second-order valence-corrected chi connectivity index (χ2v) is 9.23. The van der Waals surface area contributed by atoms with Crippen molar-refractivity contribution in [1.82, 2.24) is 5.32 Å². The van der Waals surface area contributed by atoms with E-state index in [-0.39, 0.29) is 10.0 Å². The van der Waals surface area contributed by atoms with Gasteiger partial charge < -0.3 is 14.8 Å². The van der Waals surface area contributed by atoms with Crippen LogP contribution in [0.1, 0.15) is 12.5 Å². The number of anilines is 2. The average molecular weight is 512 g/mol. The number of carbonyl (C=O) groups is 1. The maximum atomic E-state index is 12.6. The fraction of sp³-hybridized carbons (Fsp3) is 0.120. The SMILES string of the molecule is CCOc1ccc(/C=C/C(=O)NC(=S)Nc2ccc(S(=O)(=O)Nc3ccc(OC)cc3)cc2)cc1. The quantitative estimate of drug-likeness (QED) is 0.288. The number of rotatable bonds is 9. The molecule has 0 atom stereocenters. The van der Waals surface area contributed by atoms with Crippen molar-refractivity contribution in [3.63, 3.8) is 0 Å². The maximum absolute atomic E-state index is 12.6. The molecule has 0 aliphatic rings. The van der Waals surface area contributed by atoms with Gasteiger partial charge in [0.2, 0.25) is 5.91 Å². The molecule has 0 aromatic heterocycles. The molecule has 3 aromatic rings. The third-order valence-corrected chi connectivity index (χ3v) is 6.22. The molecule has 0 bridgehead atoms. The summed E-state index contributed by atoms with van der Waals surface area (Å²) >= 11 is 5.17. The topological polar surface area (TPSA) is 106 Å². The molecule has 0 heterocycles. The summed E-state index contributed by atoms with van der Waals surface area (Å²) in [6.07, 6.45) is 3.02. The molecule has 10 heteroatoms.